The summed E-state index contributed by atoms with van der Waals surface area (Å²) in [7, 11) is 1.58. The Hall–Kier alpha value is -2.37. The van der Waals surface area contributed by atoms with E-state index in [1.807, 2.05) is 48.5 Å². The van der Waals surface area contributed by atoms with E-state index in [2.05, 4.69) is 19.2 Å². The first-order valence-corrected chi connectivity index (χ1v) is 9.80. The van der Waals surface area contributed by atoms with E-state index < -0.39 is 0 Å². The first kappa shape index (κ1) is 23.7. The molecule has 0 atom stereocenters. The lowest BCUT2D eigenvalue weighted by Gasteiger charge is -2.26. The standard InChI is InChI=1S/C14H20ClNO2.C8H9NO/c1-4-11-7-6-8-12(5-2)14(11)16(10-18-3)13(17)9-15;1-7(10)9-8-5-3-2-4-6-8/h6-8H,4-5,9-10H2,1-3H3;2-6H,1H3,(H,9,10). The van der Waals surface area contributed by atoms with Crippen LogP contribution in [0.3, 0.4) is 0 Å². The number of carbonyl (C=O) groups is 2. The number of rotatable bonds is 7. The average Bonchev–Trinajstić information content (AvgIpc) is 2.71. The minimum Gasteiger partial charge on any atom is -0.364 e. The number of hydrogen-bond donors (Lipinski definition) is 1. The summed E-state index contributed by atoms with van der Waals surface area (Å²) >= 11 is 5.68. The number of nitrogens with one attached hydrogen (secondary N) is 1. The minimum atomic E-state index is -0.130. The average molecular weight is 405 g/mol. The van der Waals surface area contributed by atoms with Gasteiger partial charge in [-0.05, 0) is 36.1 Å². The van der Waals surface area contributed by atoms with Crippen molar-refractivity contribution in [3.63, 3.8) is 0 Å². The molecule has 2 rings (SSSR count). The van der Waals surface area contributed by atoms with E-state index in [-0.39, 0.29) is 24.4 Å². The Kier molecular flexibility index (Phi) is 10.9. The summed E-state index contributed by atoms with van der Waals surface area (Å²) in [5.41, 5.74) is 4.08. The van der Waals surface area contributed by atoms with Crippen LogP contribution in [0, 0.1) is 0 Å². The molecule has 0 unspecified atom stereocenters. The molecule has 0 aromatic heterocycles. The number of amides is 2. The van der Waals surface area contributed by atoms with E-state index in [4.69, 9.17) is 16.3 Å². The maximum atomic E-state index is 12.0. The number of ether oxygens (including phenoxy) is 1. The summed E-state index contributed by atoms with van der Waals surface area (Å²) in [5.74, 6) is -0.204. The summed E-state index contributed by atoms with van der Waals surface area (Å²) < 4.78 is 5.13. The van der Waals surface area contributed by atoms with Crippen molar-refractivity contribution in [2.45, 2.75) is 33.6 Å². The highest BCUT2D eigenvalue weighted by molar-refractivity contribution is 6.29. The van der Waals surface area contributed by atoms with E-state index >= 15 is 0 Å². The summed E-state index contributed by atoms with van der Waals surface area (Å²) in [4.78, 5) is 24.1. The lowest BCUT2D eigenvalue weighted by Crippen LogP contribution is -2.35. The molecule has 2 aromatic rings. The van der Waals surface area contributed by atoms with Crippen LogP contribution in [-0.4, -0.2) is 31.5 Å². The van der Waals surface area contributed by atoms with Crippen molar-refractivity contribution in [2.75, 3.05) is 29.9 Å². The Morgan fingerprint density at radius 2 is 1.57 bits per heavy atom. The molecule has 0 aliphatic rings. The van der Waals surface area contributed by atoms with Crippen LogP contribution in [-0.2, 0) is 27.2 Å². The van der Waals surface area contributed by atoms with Gasteiger partial charge in [0.2, 0.25) is 11.8 Å². The highest BCUT2D eigenvalue weighted by Crippen LogP contribution is 2.27. The molecule has 0 radical (unpaired) electrons. The second-order valence-corrected chi connectivity index (χ2v) is 6.32. The lowest BCUT2D eigenvalue weighted by atomic mass is 10.0. The van der Waals surface area contributed by atoms with Gasteiger partial charge in [0.15, 0.2) is 0 Å². The van der Waals surface area contributed by atoms with Gasteiger partial charge in [-0.1, -0.05) is 50.2 Å². The molecule has 0 saturated carbocycles. The summed E-state index contributed by atoms with van der Waals surface area (Å²) in [6.07, 6.45) is 1.75. The fourth-order valence-electron chi connectivity index (χ4n) is 2.75. The fraction of sp³-hybridized carbons (Fsp3) is 0.364. The second kappa shape index (κ2) is 12.9. The van der Waals surface area contributed by atoms with E-state index in [9.17, 15) is 9.59 Å². The quantitative estimate of drug-likeness (QED) is 0.540. The zero-order valence-corrected chi connectivity index (χ0v) is 17.8. The molecular weight excluding hydrogens is 376 g/mol. The first-order chi connectivity index (χ1) is 13.5. The van der Waals surface area contributed by atoms with E-state index in [1.54, 1.807) is 12.0 Å². The zero-order valence-electron chi connectivity index (χ0n) is 17.0. The van der Waals surface area contributed by atoms with Crippen LogP contribution in [0.5, 0.6) is 0 Å². The number of carbonyl (C=O) groups excluding carboxylic acids is 2. The lowest BCUT2D eigenvalue weighted by molar-refractivity contribution is -0.117. The third-order valence-corrected chi connectivity index (χ3v) is 4.23. The van der Waals surface area contributed by atoms with Gasteiger partial charge in [0, 0.05) is 19.7 Å². The molecule has 152 valence electrons. The molecule has 0 aliphatic carbocycles. The molecule has 0 heterocycles. The number of halogens is 1. The Morgan fingerprint density at radius 1 is 1.00 bits per heavy atom. The second-order valence-electron chi connectivity index (χ2n) is 6.05. The van der Waals surface area contributed by atoms with Crippen LogP contribution in [0.15, 0.2) is 48.5 Å². The molecule has 0 saturated heterocycles. The third kappa shape index (κ3) is 7.33. The predicted octanol–water partition coefficient (Wildman–Crippen LogP) is 4.63. The van der Waals surface area contributed by atoms with Crippen molar-refractivity contribution in [2.24, 2.45) is 0 Å². The van der Waals surface area contributed by atoms with Gasteiger partial charge >= 0.3 is 0 Å². The monoisotopic (exact) mass is 404 g/mol. The number of nitrogens with zero attached hydrogens (tertiary/aromatic N) is 1. The number of methoxy groups -OCH3 is 1. The molecule has 0 fully saturated rings. The van der Waals surface area contributed by atoms with Crippen molar-refractivity contribution in [3.8, 4) is 0 Å². The van der Waals surface area contributed by atoms with Crippen LogP contribution in [0.1, 0.15) is 31.9 Å². The molecule has 6 heteroatoms. The fourth-order valence-corrected chi connectivity index (χ4v) is 2.89. The smallest absolute Gasteiger partial charge is 0.243 e. The van der Waals surface area contributed by atoms with Crippen LogP contribution in [0.2, 0.25) is 0 Å². The molecule has 0 aliphatic heterocycles. The van der Waals surface area contributed by atoms with Gasteiger partial charge in [0.1, 0.15) is 12.6 Å². The highest BCUT2D eigenvalue weighted by Gasteiger charge is 2.19. The van der Waals surface area contributed by atoms with Crippen LogP contribution in [0.4, 0.5) is 11.4 Å². The van der Waals surface area contributed by atoms with Crippen LogP contribution < -0.4 is 10.2 Å². The van der Waals surface area contributed by atoms with Crippen LogP contribution in [0.25, 0.3) is 0 Å². The van der Waals surface area contributed by atoms with E-state index in [0.717, 1.165) is 35.3 Å². The van der Waals surface area contributed by atoms with Crippen molar-refractivity contribution in [1.82, 2.24) is 0 Å². The maximum absolute atomic E-state index is 12.0. The third-order valence-electron chi connectivity index (χ3n) is 4.00. The Morgan fingerprint density at radius 3 is 2.00 bits per heavy atom. The molecule has 2 amide bonds. The van der Waals surface area contributed by atoms with Crippen molar-refractivity contribution >= 4 is 34.8 Å². The van der Waals surface area contributed by atoms with Gasteiger partial charge in [-0.25, -0.2) is 0 Å². The molecule has 1 N–H and O–H groups in total. The highest BCUT2D eigenvalue weighted by atomic mass is 35.5. The SMILES string of the molecule is CC(=O)Nc1ccccc1.CCc1cccc(CC)c1N(COC)C(=O)CCl. The van der Waals surface area contributed by atoms with Crippen molar-refractivity contribution in [1.29, 1.82) is 0 Å². The summed E-state index contributed by atoms with van der Waals surface area (Å²) in [6, 6.07) is 15.5. The van der Waals surface area contributed by atoms with E-state index in [1.165, 1.54) is 6.92 Å². The Bertz CT molecular complexity index is 728. The maximum Gasteiger partial charge on any atom is 0.243 e. The molecule has 28 heavy (non-hydrogen) atoms. The van der Waals surface area contributed by atoms with Gasteiger partial charge < -0.3 is 10.1 Å². The Balaban J connectivity index is 0.000000330. The van der Waals surface area contributed by atoms with Gasteiger partial charge in [0.05, 0.1) is 5.69 Å². The first-order valence-electron chi connectivity index (χ1n) is 9.27. The topological polar surface area (TPSA) is 58.6 Å². The molecule has 0 spiro atoms. The number of benzene rings is 2. The number of anilines is 2. The summed E-state index contributed by atoms with van der Waals surface area (Å²) in [5, 5.41) is 2.67. The summed E-state index contributed by atoms with van der Waals surface area (Å²) in [6.45, 7) is 5.88. The van der Waals surface area contributed by atoms with Gasteiger partial charge in [-0.3, -0.25) is 14.5 Å². The number of aryl methyl sites for hydroxylation is 2. The molecule has 2 aromatic carbocycles. The molecule has 0 bridgehead atoms. The van der Waals surface area contributed by atoms with Gasteiger partial charge in [-0.15, -0.1) is 11.6 Å². The molecule has 5 nitrogen and oxygen atoms in total. The Labute approximate surface area is 172 Å². The largest absolute Gasteiger partial charge is 0.364 e. The zero-order chi connectivity index (χ0) is 20.9. The number of hydrogen-bond acceptors (Lipinski definition) is 3. The van der Waals surface area contributed by atoms with Crippen LogP contribution >= 0.6 is 11.6 Å². The molecular formula is C22H29ClN2O3. The number of para-hydroxylation sites is 2. The minimum absolute atomic E-state index is 0.0359. The van der Waals surface area contributed by atoms with Gasteiger partial charge in [-0.2, -0.15) is 0 Å². The predicted molar refractivity (Wildman–Crippen MR) is 116 cm³/mol. The number of alkyl halides is 1. The van der Waals surface area contributed by atoms with Crippen molar-refractivity contribution < 1.29 is 14.3 Å². The van der Waals surface area contributed by atoms with E-state index in [0.29, 0.717) is 0 Å². The van der Waals surface area contributed by atoms with Crippen molar-refractivity contribution in [3.05, 3.63) is 59.7 Å². The van der Waals surface area contributed by atoms with Gasteiger partial charge in [0.25, 0.3) is 0 Å². The normalized spacial score (nSPS) is 9.89.